The number of ether oxygens (including phenoxy) is 1. The van der Waals surface area contributed by atoms with Crippen molar-refractivity contribution in [1.82, 2.24) is 4.31 Å². The van der Waals surface area contributed by atoms with E-state index in [1.54, 1.807) is 0 Å². The summed E-state index contributed by atoms with van der Waals surface area (Å²) >= 11 is 5.49. The van der Waals surface area contributed by atoms with Gasteiger partial charge in [-0.3, -0.25) is 0 Å². The van der Waals surface area contributed by atoms with Crippen molar-refractivity contribution in [3.63, 3.8) is 0 Å². The molecule has 0 saturated carbocycles. The van der Waals surface area contributed by atoms with Gasteiger partial charge in [0.05, 0.1) is 19.0 Å². The van der Waals surface area contributed by atoms with Crippen LogP contribution in [0.25, 0.3) is 0 Å². The highest BCUT2D eigenvalue weighted by Gasteiger charge is 2.24. The van der Waals surface area contributed by atoms with Gasteiger partial charge in [0.2, 0.25) is 10.0 Å². The Hall–Kier alpha value is 0.160. The van der Waals surface area contributed by atoms with Gasteiger partial charge < -0.3 is 4.74 Å². The fourth-order valence-corrected chi connectivity index (χ4v) is 2.50. The van der Waals surface area contributed by atoms with E-state index in [1.807, 2.05) is 0 Å². The highest BCUT2D eigenvalue weighted by molar-refractivity contribution is 7.88. The van der Waals surface area contributed by atoms with E-state index in [1.165, 1.54) is 10.6 Å². The maximum Gasteiger partial charge on any atom is 0.211 e. The summed E-state index contributed by atoms with van der Waals surface area (Å²) in [6, 6.07) is 0. The third kappa shape index (κ3) is 3.73. The van der Waals surface area contributed by atoms with Crippen molar-refractivity contribution in [3.8, 4) is 0 Å². The lowest BCUT2D eigenvalue weighted by Crippen LogP contribution is -2.40. The van der Waals surface area contributed by atoms with Crippen molar-refractivity contribution in [2.75, 3.05) is 31.8 Å². The van der Waals surface area contributed by atoms with Gasteiger partial charge in [0, 0.05) is 19.0 Å². The highest BCUT2D eigenvalue weighted by atomic mass is 35.5. The summed E-state index contributed by atoms with van der Waals surface area (Å²) < 4.78 is 29.3. The van der Waals surface area contributed by atoms with E-state index >= 15 is 0 Å². The van der Waals surface area contributed by atoms with Gasteiger partial charge in [-0.15, -0.1) is 11.6 Å². The second kappa shape index (κ2) is 5.30. The molecular weight excluding hydrogens is 226 g/mol. The van der Waals surface area contributed by atoms with Crippen LogP contribution in [-0.2, 0) is 14.8 Å². The maximum absolute atomic E-state index is 11.2. The Morgan fingerprint density at radius 1 is 1.43 bits per heavy atom. The van der Waals surface area contributed by atoms with Gasteiger partial charge in [0.25, 0.3) is 0 Å². The van der Waals surface area contributed by atoms with E-state index in [0.717, 1.165) is 12.8 Å². The molecule has 0 N–H and O–H groups in total. The van der Waals surface area contributed by atoms with E-state index in [0.29, 0.717) is 25.6 Å². The number of rotatable bonds is 4. The molecular formula is C8H16ClNO3S. The van der Waals surface area contributed by atoms with Gasteiger partial charge in [-0.1, -0.05) is 0 Å². The molecule has 0 spiro atoms. The number of hydrogen-bond donors (Lipinski definition) is 0. The molecule has 0 aromatic rings. The topological polar surface area (TPSA) is 46.6 Å². The molecule has 0 aliphatic carbocycles. The van der Waals surface area contributed by atoms with E-state index in [4.69, 9.17) is 16.3 Å². The molecule has 4 nitrogen and oxygen atoms in total. The Labute approximate surface area is 90.2 Å². The normalized spacial score (nSPS) is 21.3. The smallest absolute Gasteiger partial charge is 0.211 e. The SMILES string of the molecule is CS(=O)(=O)N1CCC(OCCCl)CC1. The lowest BCUT2D eigenvalue weighted by Gasteiger charge is -2.29. The molecule has 0 aromatic heterocycles. The molecule has 84 valence electrons. The Balaban J connectivity index is 2.31. The summed E-state index contributed by atoms with van der Waals surface area (Å²) in [5, 5.41) is 0. The van der Waals surface area contributed by atoms with Crippen LogP contribution < -0.4 is 0 Å². The van der Waals surface area contributed by atoms with E-state index in [9.17, 15) is 8.42 Å². The molecule has 1 heterocycles. The predicted octanol–water partition coefficient (Wildman–Crippen LogP) is 0.666. The summed E-state index contributed by atoms with van der Waals surface area (Å²) in [7, 11) is -3.02. The fourth-order valence-electron chi connectivity index (χ4n) is 1.54. The molecule has 6 heteroatoms. The number of halogens is 1. The van der Waals surface area contributed by atoms with Crippen molar-refractivity contribution in [2.24, 2.45) is 0 Å². The van der Waals surface area contributed by atoms with Gasteiger partial charge in [-0.2, -0.15) is 0 Å². The quantitative estimate of drug-likeness (QED) is 0.680. The third-order valence-electron chi connectivity index (χ3n) is 2.30. The molecule has 1 rings (SSSR count). The Kier molecular flexibility index (Phi) is 4.63. The Morgan fingerprint density at radius 2 is 2.00 bits per heavy atom. The van der Waals surface area contributed by atoms with Gasteiger partial charge >= 0.3 is 0 Å². The van der Waals surface area contributed by atoms with Gasteiger partial charge in [-0.25, -0.2) is 12.7 Å². The number of hydrogen-bond acceptors (Lipinski definition) is 3. The van der Waals surface area contributed by atoms with E-state index in [2.05, 4.69) is 0 Å². The van der Waals surface area contributed by atoms with Crippen molar-refractivity contribution in [1.29, 1.82) is 0 Å². The van der Waals surface area contributed by atoms with Crippen LogP contribution in [0.15, 0.2) is 0 Å². The molecule has 0 aromatic carbocycles. The zero-order valence-corrected chi connectivity index (χ0v) is 9.85. The molecule has 1 saturated heterocycles. The standard InChI is InChI=1S/C8H16ClNO3S/c1-14(11,12)10-5-2-8(3-6-10)13-7-4-9/h8H,2-7H2,1H3. The molecule has 1 aliphatic heterocycles. The molecule has 0 amide bonds. The first-order valence-electron chi connectivity index (χ1n) is 4.66. The monoisotopic (exact) mass is 241 g/mol. The van der Waals surface area contributed by atoms with Crippen LogP contribution in [0.3, 0.4) is 0 Å². The van der Waals surface area contributed by atoms with Crippen LogP contribution in [0, 0.1) is 0 Å². The zero-order valence-electron chi connectivity index (χ0n) is 8.28. The average molecular weight is 242 g/mol. The van der Waals surface area contributed by atoms with Gasteiger partial charge in [-0.05, 0) is 12.8 Å². The minimum Gasteiger partial charge on any atom is -0.377 e. The molecule has 1 aliphatic rings. The first-order valence-corrected chi connectivity index (χ1v) is 7.05. The molecule has 1 fully saturated rings. The summed E-state index contributed by atoms with van der Waals surface area (Å²) in [5.74, 6) is 0.492. The summed E-state index contributed by atoms with van der Waals surface area (Å²) in [6.07, 6.45) is 2.95. The van der Waals surface area contributed by atoms with Crippen LogP contribution in [0.2, 0.25) is 0 Å². The first-order chi connectivity index (χ1) is 6.54. The predicted molar refractivity (Wildman–Crippen MR) is 56.1 cm³/mol. The minimum atomic E-state index is -3.02. The summed E-state index contributed by atoms with van der Waals surface area (Å²) in [4.78, 5) is 0. The second-order valence-corrected chi connectivity index (χ2v) is 5.78. The second-order valence-electron chi connectivity index (χ2n) is 3.42. The van der Waals surface area contributed by atoms with Crippen LogP contribution >= 0.6 is 11.6 Å². The average Bonchev–Trinajstić information content (AvgIpc) is 2.14. The van der Waals surface area contributed by atoms with Crippen molar-refractivity contribution in [2.45, 2.75) is 18.9 Å². The number of nitrogens with zero attached hydrogens (tertiary/aromatic N) is 1. The largest absolute Gasteiger partial charge is 0.377 e. The molecule has 0 unspecified atom stereocenters. The van der Waals surface area contributed by atoms with Crippen LogP contribution in [-0.4, -0.2) is 50.7 Å². The number of sulfonamides is 1. The molecule has 0 atom stereocenters. The molecule has 0 radical (unpaired) electrons. The van der Waals surface area contributed by atoms with Crippen LogP contribution in [0.4, 0.5) is 0 Å². The number of piperidine rings is 1. The Morgan fingerprint density at radius 3 is 2.43 bits per heavy atom. The Bertz CT molecular complexity index is 260. The van der Waals surface area contributed by atoms with Crippen LogP contribution in [0.5, 0.6) is 0 Å². The first kappa shape index (κ1) is 12.2. The van der Waals surface area contributed by atoms with E-state index in [-0.39, 0.29) is 6.10 Å². The van der Waals surface area contributed by atoms with Crippen LogP contribution in [0.1, 0.15) is 12.8 Å². The lowest BCUT2D eigenvalue weighted by atomic mass is 10.1. The molecule has 14 heavy (non-hydrogen) atoms. The summed E-state index contributed by atoms with van der Waals surface area (Å²) in [6.45, 7) is 1.67. The van der Waals surface area contributed by atoms with Crippen molar-refractivity contribution < 1.29 is 13.2 Å². The van der Waals surface area contributed by atoms with Crippen molar-refractivity contribution >= 4 is 21.6 Å². The minimum absolute atomic E-state index is 0.173. The lowest BCUT2D eigenvalue weighted by molar-refractivity contribution is 0.0302. The van der Waals surface area contributed by atoms with Crippen molar-refractivity contribution in [3.05, 3.63) is 0 Å². The maximum atomic E-state index is 11.2. The van der Waals surface area contributed by atoms with Gasteiger partial charge in [0.15, 0.2) is 0 Å². The third-order valence-corrected chi connectivity index (χ3v) is 3.76. The van der Waals surface area contributed by atoms with Gasteiger partial charge in [0.1, 0.15) is 0 Å². The zero-order chi connectivity index (χ0) is 10.6. The summed E-state index contributed by atoms with van der Waals surface area (Å²) in [5.41, 5.74) is 0. The number of alkyl halides is 1. The highest BCUT2D eigenvalue weighted by Crippen LogP contribution is 2.15. The van der Waals surface area contributed by atoms with E-state index < -0.39 is 10.0 Å². The fraction of sp³-hybridized carbons (Fsp3) is 1.00. The molecule has 0 bridgehead atoms.